The second-order valence-electron chi connectivity index (χ2n) is 5.37. The first kappa shape index (κ1) is 12.4. The van der Waals surface area contributed by atoms with E-state index in [9.17, 15) is 0 Å². The molecule has 1 aromatic rings. The van der Waals surface area contributed by atoms with Gasteiger partial charge in [0.25, 0.3) is 5.34 Å². The Morgan fingerprint density at radius 1 is 1.44 bits per heavy atom. The van der Waals surface area contributed by atoms with Gasteiger partial charge in [0.15, 0.2) is 0 Å². The summed E-state index contributed by atoms with van der Waals surface area (Å²) in [6.45, 7) is 5.60. The third-order valence-electron chi connectivity index (χ3n) is 4.32. The van der Waals surface area contributed by atoms with Gasteiger partial charge in [0.1, 0.15) is 7.55 Å². The van der Waals surface area contributed by atoms with Crippen LogP contribution in [-0.2, 0) is 10.00 Å². The lowest BCUT2D eigenvalue weighted by Crippen LogP contribution is -2.38. The fourth-order valence-electron chi connectivity index (χ4n) is 3.55. The molecule has 0 spiro atoms. The molecular weight excluding hydrogens is 240 g/mol. The molecule has 2 fully saturated rings. The Hall–Kier alpha value is -0.625. The SMILES string of the molecule is C=[P+](C)C1(c2ccccc2)OB(C)N2CCCC21. The Balaban J connectivity index is 2.11. The van der Waals surface area contributed by atoms with Crippen LogP contribution in [0.5, 0.6) is 0 Å². The third-order valence-corrected chi connectivity index (χ3v) is 6.11. The zero-order valence-corrected chi connectivity index (χ0v) is 12.1. The standard InChI is InChI=1S/C14H20BNOP/c1-15-16-11-7-10-13(16)14(17-15,18(2)3)12-8-5-4-6-9-12/h4-6,8-9,13H,2,7,10-11H2,1,3H3/q+1. The largest absolute Gasteiger partial charge is 0.384 e. The molecular formula is C14H20BNOP+. The summed E-state index contributed by atoms with van der Waals surface area (Å²) >= 11 is 0. The van der Waals surface area contributed by atoms with Crippen LogP contribution in [0.3, 0.4) is 0 Å². The van der Waals surface area contributed by atoms with Crippen molar-refractivity contribution >= 4 is 20.9 Å². The van der Waals surface area contributed by atoms with Crippen molar-refractivity contribution in [3.63, 3.8) is 0 Å². The van der Waals surface area contributed by atoms with Gasteiger partial charge in [0.2, 0.25) is 0 Å². The van der Waals surface area contributed by atoms with Gasteiger partial charge in [-0.25, -0.2) is 0 Å². The second kappa shape index (κ2) is 4.49. The molecule has 2 aliphatic rings. The first-order valence-corrected chi connectivity index (χ1v) is 8.67. The van der Waals surface area contributed by atoms with Crippen LogP contribution in [-0.4, -0.2) is 37.4 Å². The predicted molar refractivity (Wildman–Crippen MR) is 80.5 cm³/mol. The second-order valence-corrected chi connectivity index (χ2v) is 7.43. The van der Waals surface area contributed by atoms with Crippen molar-refractivity contribution in [3.8, 4) is 0 Å². The van der Waals surface area contributed by atoms with Crippen LogP contribution in [0.1, 0.15) is 18.4 Å². The first-order chi connectivity index (χ1) is 8.66. The van der Waals surface area contributed by atoms with E-state index in [1.165, 1.54) is 24.9 Å². The van der Waals surface area contributed by atoms with Gasteiger partial charge in [-0.15, -0.1) is 0 Å². The molecule has 0 amide bonds. The summed E-state index contributed by atoms with van der Waals surface area (Å²) < 4.78 is 6.46. The van der Waals surface area contributed by atoms with Crippen molar-refractivity contribution in [1.82, 2.24) is 4.81 Å². The lowest BCUT2D eigenvalue weighted by molar-refractivity contribution is 0.160. The van der Waals surface area contributed by atoms with Crippen LogP contribution < -0.4 is 0 Å². The minimum Gasteiger partial charge on any atom is -0.375 e. The van der Waals surface area contributed by atoms with E-state index in [1.807, 2.05) is 0 Å². The Kier molecular flexibility index (Phi) is 3.09. The lowest BCUT2D eigenvalue weighted by atomic mass is 9.86. The van der Waals surface area contributed by atoms with Crippen LogP contribution in [0, 0.1) is 0 Å². The van der Waals surface area contributed by atoms with E-state index in [-0.39, 0.29) is 12.4 Å². The van der Waals surface area contributed by atoms with Crippen molar-refractivity contribution in [2.45, 2.75) is 31.0 Å². The van der Waals surface area contributed by atoms with E-state index in [2.05, 4.69) is 54.9 Å². The maximum atomic E-state index is 6.46. The highest BCUT2D eigenvalue weighted by atomic mass is 31.1. The van der Waals surface area contributed by atoms with Crippen molar-refractivity contribution in [1.29, 1.82) is 0 Å². The smallest absolute Gasteiger partial charge is 0.375 e. The molecule has 0 radical (unpaired) electrons. The predicted octanol–water partition coefficient (Wildman–Crippen LogP) is 3.00. The minimum absolute atomic E-state index is 0.160. The average Bonchev–Trinajstić information content (AvgIpc) is 2.94. The quantitative estimate of drug-likeness (QED) is 0.598. The minimum atomic E-state index is -0.434. The first-order valence-electron chi connectivity index (χ1n) is 6.69. The monoisotopic (exact) mass is 260 g/mol. The maximum absolute atomic E-state index is 6.46. The molecule has 3 atom stereocenters. The van der Waals surface area contributed by atoms with Crippen molar-refractivity contribution in [3.05, 3.63) is 35.9 Å². The van der Waals surface area contributed by atoms with E-state index in [1.54, 1.807) is 0 Å². The molecule has 2 nitrogen and oxygen atoms in total. The van der Waals surface area contributed by atoms with E-state index < -0.39 is 7.55 Å². The van der Waals surface area contributed by atoms with Crippen LogP contribution in [0.15, 0.2) is 30.3 Å². The lowest BCUT2D eigenvalue weighted by Gasteiger charge is -2.28. The van der Waals surface area contributed by atoms with Gasteiger partial charge in [-0.05, 0) is 26.2 Å². The van der Waals surface area contributed by atoms with Crippen molar-refractivity contribution < 1.29 is 4.65 Å². The molecule has 0 aromatic heterocycles. The highest BCUT2D eigenvalue weighted by Crippen LogP contribution is 2.56. The fourth-order valence-corrected chi connectivity index (χ4v) is 5.26. The number of hydrogen-bond donors (Lipinski definition) is 0. The zero-order chi connectivity index (χ0) is 12.8. The summed E-state index contributed by atoms with van der Waals surface area (Å²) in [6.07, 6.45) is 6.90. The third kappa shape index (κ3) is 1.61. The van der Waals surface area contributed by atoms with Gasteiger partial charge in [-0.1, -0.05) is 30.3 Å². The van der Waals surface area contributed by atoms with Gasteiger partial charge in [-0.2, -0.15) is 0 Å². The number of hydrogen-bond acceptors (Lipinski definition) is 2. The van der Waals surface area contributed by atoms with Gasteiger partial charge in [0.05, 0.1) is 19.0 Å². The van der Waals surface area contributed by atoms with E-state index in [0.717, 1.165) is 0 Å². The Morgan fingerprint density at radius 3 is 2.83 bits per heavy atom. The molecule has 4 heteroatoms. The van der Waals surface area contributed by atoms with Gasteiger partial charge >= 0.3 is 7.05 Å². The molecule has 0 aliphatic carbocycles. The number of rotatable bonds is 2. The van der Waals surface area contributed by atoms with Crippen LogP contribution in [0.2, 0.25) is 6.82 Å². The molecule has 2 saturated heterocycles. The summed E-state index contributed by atoms with van der Waals surface area (Å²) in [5.74, 6) is 0. The highest BCUT2D eigenvalue weighted by Gasteiger charge is 2.62. The summed E-state index contributed by atoms with van der Waals surface area (Å²) in [4.78, 5) is 2.52. The fraction of sp³-hybridized carbons (Fsp3) is 0.500. The number of benzene rings is 1. The molecule has 18 heavy (non-hydrogen) atoms. The number of fused-ring (bicyclic) bond motifs is 1. The topological polar surface area (TPSA) is 12.5 Å². The molecule has 94 valence electrons. The van der Waals surface area contributed by atoms with Crippen molar-refractivity contribution in [2.75, 3.05) is 13.2 Å². The zero-order valence-electron chi connectivity index (χ0n) is 11.2. The Bertz CT molecular complexity index is 466. The maximum Gasteiger partial charge on any atom is 0.384 e. The summed E-state index contributed by atoms with van der Waals surface area (Å²) in [6, 6.07) is 11.2. The molecule has 3 unspecified atom stereocenters. The summed E-state index contributed by atoms with van der Waals surface area (Å²) in [5.41, 5.74) is 1.31. The van der Waals surface area contributed by atoms with Crippen molar-refractivity contribution in [2.24, 2.45) is 0 Å². The Morgan fingerprint density at radius 2 is 2.17 bits per heavy atom. The molecule has 0 bridgehead atoms. The van der Waals surface area contributed by atoms with Gasteiger partial charge in [-0.3, -0.25) is 0 Å². The van der Waals surface area contributed by atoms with Gasteiger partial charge in [0, 0.05) is 5.56 Å². The van der Waals surface area contributed by atoms with E-state index in [4.69, 9.17) is 4.65 Å². The highest BCUT2D eigenvalue weighted by molar-refractivity contribution is 7.56. The molecule has 1 aromatic carbocycles. The van der Waals surface area contributed by atoms with E-state index in [0.29, 0.717) is 6.04 Å². The normalized spacial score (nSPS) is 32.7. The van der Waals surface area contributed by atoms with Crippen LogP contribution in [0.4, 0.5) is 0 Å². The summed E-state index contributed by atoms with van der Waals surface area (Å²) in [5, 5.41) is -0.160. The van der Waals surface area contributed by atoms with Gasteiger partial charge < -0.3 is 9.47 Å². The molecule has 0 saturated carbocycles. The average molecular weight is 260 g/mol. The molecule has 2 aliphatic heterocycles. The molecule has 2 heterocycles. The molecule has 3 rings (SSSR count). The Labute approximate surface area is 111 Å². The summed E-state index contributed by atoms with van der Waals surface area (Å²) in [7, 11) is -0.208. The molecule has 0 N–H and O–H groups in total. The number of nitrogens with zero attached hydrogens (tertiary/aromatic N) is 1. The van der Waals surface area contributed by atoms with E-state index >= 15 is 0 Å². The van der Waals surface area contributed by atoms with Crippen LogP contribution >= 0.6 is 7.55 Å². The van der Waals surface area contributed by atoms with Crippen LogP contribution in [0.25, 0.3) is 0 Å².